The van der Waals surface area contributed by atoms with Gasteiger partial charge in [0.1, 0.15) is 6.10 Å². The Morgan fingerprint density at radius 2 is 1.62 bits per heavy atom. The Hall–Kier alpha value is -1.70. The lowest BCUT2D eigenvalue weighted by atomic mass is 9.47. The lowest BCUT2D eigenvalue weighted by Gasteiger charge is -2.58. The van der Waals surface area contributed by atoms with Gasteiger partial charge in [0, 0.05) is 19.4 Å². The van der Waals surface area contributed by atoms with E-state index in [-0.39, 0.29) is 36.2 Å². The Morgan fingerprint density at radius 3 is 2.32 bits per heavy atom. The third-order valence-corrected chi connectivity index (χ3v) is 14.0. The maximum absolute atomic E-state index is 12.8. The van der Waals surface area contributed by atoms with Crippen molar-refractivity contribution in [3.05, 3.63) is 23.8 Å². The first kappa shape index (κ1) is 41.1. The van der Waals surface area contributed by atoms with Crippen LogP contribution in [0.2, 0.25) is 0 Å². The van der Waals surface area contributed by atoms with Gasteiger partial charge in [-0.05, 0) is 162 Å². The number of hydrogen-bond acceptors (Lipinski definition) is 6. The molecule has 0 radical (unpaired) electrons. The SMILES string of the molecule is CC[C@H](/C=C/[C@@H](C)[C@H]1CCC2C3CC=C4C[C@@H](OC(=O)CCC(=O)NCCCNCCCCNCCCN)CC[C@]4(C)C3CC[C@@]21C)C(C)C. The summed E-state index contributed by atoms with van der Waals surface area (Å²) in [6.45, 7) is 20.0. The number of carbonyl (C=O) groups excluding carboxylic acids is 2. The highest BCUT2D eigenvalue weighted by atomic mass is 16.5. The van der Waals surface area contributed by atoms with Gasteiger partial charge in [0.05, 0.1) is 6.42 Å². The molecular weight excluding hydrogens is 620 g/mol. The van der Waals surface area contributed by atoms with Gasteiger partial charge >= 0.3 is 5.97 Å². The molecule has 9 atom stereocenters. The predicted molar refractivity (Wildman–Crippen MR) is 208 cm³/mol. The zero-order valence-corrected chi connectivity index (χ0v) is 33.0. The molecular formula is C43H76N4O3. The molecule has 50 heavy (non-hydrogen) atoms. The van der Waals surface area contributed by atoms with Crippen LogP contribution in [0.1, 0.15) is 138 Å². The van der Waals surface area contributed by atoms with Gasteiger partial charge in [0.15, 0.2) is 0 Å². The maximum atomic E-state index is 12.8. The number of carbonyl (C=O) groups is 2. The molecule has 3 unspecified atom stereocenters. The number of nitrogens with one attached hydrogen (secondary N) is 3. The van der Waals surface area contributed by atoms with Gasteiger partial charge in [-0.1, -0.05) is 65.3 Å². The Kier molecular flexibility index (Phi) is 16.4. The zero-order valence-electron chi connectivity index (χ0n) is 33.0. The van der Waals surface area contributed by atoms with Crippen molar-refractivity contribution in [2.45, 2.75) is 144 Å². The van der Waals surface area contributed by atoms with E-state index in [1.54, 1.807) is 5.57 Å². The van der Waals surface area contributed by atoms with Crippen LogP contribution in [-0.4, -0.2) is 57.2 Å². The second-order valence-corrected chi connectivity index (χ2v) is 17.5. The Labute approximate surface area is 306 Å². The lowest BCUT2D eigenvalue weighted by Crippen LogP contribution is -2.51. The van der Waals surface area contributed by atoms with Crippen LogP contribution in [0.5, 0.6) is 0 Å². The molecule has 0 aromatic heterocycles. The molecule has 0 aromatic rings. The van der Waals surface area contributed by atoms with E-state index < -0.39 is 0 Å². The highest BCUT2D eigenvalue weighted by Crippen LogP contribution is 2.67. The van der Waals surface area contributed by atoms with Gasteiger partial charge in [-0.3, -0.25) is 9.59 Å². The summed E-state index contributed by atoms with van der Waals surface area (Å²) in [7, 11) is 0. The molecule has 0 heterocycles. The van der Waals surface area contributed by atoms with Gasteiger partial charge in [-0.2, -0.15) is 0 Å². The number of ether oxygens (including phenoxy) is 1. The van der Waals surface area contributed by atoms with Crippen molar-refractivity contribution in [3.8, 4) is 0 Å². The van der Waals surface area contributed by atoms with Crippen LogP contribution in [0.3, 0.4) is 0 Å². The second kappa shape index (κ2) is 19.9. The predicted octanol–water partition coefficient (Wildman–Crippen LogP) is 7.95. The number of nitrogens with two attached hydrogens (primary N) is 1. The van der Waals surface area contributed by atoms with Crippen LogP contribution >= 0.6 is 0 Å². The summed E-state index contributed by atoms with van der Waals surface area (Å²) in [6.07, 6.45) is 23.0. The highest BCUT2D eigenvalue weighted by Gasteiger charge is 2.59. The van der Waals surface area contributed by atoms with Crippen LogP contribution in [0.4, 0.5) is 0 Å². The molecule has 3 saturated carbocycles. The molecule has 4 aliphatic rings. The minimum absolute atomic E-state index is 0.0515. The molecule has 4 aliphatic carbocycles. The molecule has 0 aromatic carbocycles. The first-order valence-electron chi connectivity index (χ1n) is 21.0. The number of fused-ring (bicyclic) bond motifs is 5. The van der Waals surface area contributed by atoms with Crippen LogP contribution in [-0.2, 0) is 14.3 Å². The monoisotopic (exact) mass is 697 g/mol. The molecule has 7 heteroatoms. The third-order valence-electron chi connectivity index (χ3n) is 14.0. The van der Waals surface area contributed by atoms with E-state index in [1.807, 2.05) is 0 Å². The lowest BCUT2D eigenvalue weighted by molar-refractivity contribution is -0.152. The Bertz CT molecular complexity index is 1120. The number of esters is 1. The average molecular weight is 697 g/mol. The summed E-state index contributed by atoms with van der Waals surface area (Å²) < 4.78 is 5.99. The van der Waals surface area contributed by atoms with Crippen molar-refractivity contribution >= 4 is 11.9 Å². The standard InChI is InChI=1S/C43H76N4O3/c1-7-33(31(2)3)13-12-32(4)37-16-17-38-36-15-14-34-30-35(20-22-42(34,5)39(36)21-23-43(37,38)6)50-41(49)19-18-40(48)47-29-11-28-46-26-9-8-25-45-27-10-24-44/h12-14,31-33,35-39,45-46H,7-11,15-30,44H2,1-6H3,(H,47,48)/b13-12+/t32-,33-,35+,36?,37-,38?,39?,42+,43-/m1/s1. The van der Waals surface area contributed by atoms with Crippen molar-refractivity contribution in [3.63, 3.8) is 0 Å². The molecule has 5 N–H and O–H groups in total. The second-order valence-electron chi connectivity index (χ2n) is 17.5. The van der Waals surface area contributed by atoms with Crippen molar-refractivity contribution in [2.24, 2.45) is 58.0 Å². The topological polar surface area (TPSA) is 105 Å². The van der Waals surface area contributed by atoms with Crippen LogP contribution in [0.25, 0.3) is 0 Å². The molecule has 1 amide bonds. The third kappa shape index (κ3) is 10.7. The Morgan fingerprint density at radius 1 is 0.900 bits per heavy atom. The van der Waals surface area contributed by atoms with E-state index in [0.29, 0.717) is 29.7 Å². The Balaban J connectivity index is 1.15. The quantitative estimate of drug-likeness (QED) is 0.0552. The minimum atomic E-state index is -0.227. The first-order valence-corrected chi connectivity index (χ1v) is 21.0. The first-order chi connectivity index (χ1) is 24.0. The maximum Gasteiger partial charge on any atom is 0.306 e. The fourth-order valence-electron chi connectivity index (χ4n) is 10.9. The number of unbranched alkanes of at least 4 members (excludes halogenated alkanes) is 1. The van der Waals surface area contributed by atoms with Gasteiger partial charge in [0.2, 0.25) is 5.91 Å². The average Bonchev–Trinajstić information content (AvgIpc) is 3.45. The molecule has 0 aliphatic heterocycles. The number of rotatable bonds is 21. The molecule has 286 valence electrons. The van der Waals surface area contributed by atoms with Crippen molar-refractivity contribution in [1.82, 2.24) is 16.0 Å². The van der Waals surface area contributed by atoms with Crippen molar-refractivity contribution in [2.75, 3.05) is 39.3 Å². The summed E-state index contributed by atoms with van der Waals surface area (Å²) in [4.78, 5) is 25.2. The van der Waals surface area contributed by atoms with E-state index in [2.05, 4.69) is 75.7 Å². The summed E-state index contributed by atoms with van der Waals surface area (Å²) in [5, 5.41) is 9.81. The highest BCUT2D eigenvalue weighted by molar-refractivity contribution is 5.81. The van der Waals surface area contributed by atoms with Gasteiger partial charge in [0.25, 0.3) is 0 Å². The van der Waals surface area contributed by atoms with Gasteiger partial charge in [-0.15, -0.1) is 0 Å². The zero-order chi connectivity index (χ0) is 36.1. The minimum Gasteiger partial charge on any atom is -0.462 e. The molecule has 3 fully saturated rings. The van der Waals surface area contributed by atoms with Gasteiger partial charge in [-0.25, -0.2) is 0 Å². The van der Waals surface area contributed by atoms with E-state index in [0.717, 1.165) is 101 Å². The molecule has 4 rings (SSSR count). The molecule has 7 nitrogen and oxygen atoms in total. The fourth-order valence-corrected chi connectivity index (χ4v) is 10.9. The van der Waals surface area contributed by atoms with Crippen LogP contribution in [0.15, 0.2) is 23.8 Å². The van der Waals surface area contributed by atoms with Crippen molar-refractivity contribution < 1.29 is 14.3 Å². The smallest absolute Gasteiger partial charge is 0.306 e. The van der Waals surface area contributed by atoms with Crippen LogP contribution in [0, 0.1) is 52.3 Å². The van der Waals surface area contributed by atoms with E-state index in [9.17, 15) is 9.59 Å². The number of allylic oxidation sites excluding steroid dienone is 3. The summed E-state index contributed by atoms with van der Waals surface area (Å²) in [6, 6.07) is 0. The summed E-state index contributed by atoms with van der Waals surface area (Å²) in [5.41, 5.74) is 7.73. The fraction of sp³-hybridized carbons (Fsp3) is 0.860. The van der Waals surface area contributed by atoms with E-state index in [4.69, 9.17) is 10.5 Å². The van der Waals surface area contributed by atoms with E-state index >= 15 is 0 Å². The van der Waals surface area contributed by atoms with Crippen LogP contribution < -0.4 is 21.7 Å². The number of amides is 1. The number of hydrogen-bond donors (Lipinski definition) is 4. The normalized spacial score (nSPS) is 31.8. The van der Waals surface area contributed by atoms with E-state index in [1.165, 1.54) is 38.5 Å². The van der Waals surface area contributed by atoms with Gasteiger partial charge < -0.3 is 26.4 Å². The molecule has 0 bridgehead atoms. The largest absolute Gasteiger partial charge is 0.462 e. The molecule has 0 spiro atoms. The molecule has 0 saturated heterocycles. The summed E-state index contributed by atoms with van der Waals surface area (Å²) in [5.74, 6) is 4.92. The summed E-state index contributed by atoms with van der Waals surface area (Å²) >= 11 is 0. The van der Waals surface area contributed by atoms with Crippen molar-refractivity contribution in [1.29, 1.82) is 0 Å².